The van der Waals surface area contributed by atoms with Crippen LogP contribution in [-0.4, -0.2) is 92.0 Å². The molecule has 0 aromatic heterocycles. The van der Waals surface area contributed by atoms with Gasteiger partial charge in [-0.2, -0.15) is 0 Å². The molecule has 1 aromatic carbocycles. The monoisotopic (exact) mass is 428 g/mol. The SMILES string of the molecule is CCNC(=NCCCN1CCCC1=O)NCCCN1CCN(Cc2ccccc2)CC1. The van der Waals surface area contributed by atoms with Crippen molar-refractivity contribution in [2.45, 2.75) is 39.2 Å². The second-order valence-electron chi connectivity index (χ2n) is 8.48. The van der Waals surface area contributed by atoms with Gasteiger partial charge in [-0.15, -0.1) is 0 Å². The highest BCUT2D eigenvalue weighted by Gasteiger charge is 2.19. The Morgan fingerprint density at radius 3 is 2.45 bits per heavy atom. The largest absolute Gasteiger partial charge is 0.357 e. The normalized spacial score (nSPS) is 18.5. The predicted octanol–water partition coefficient (Wildman–Crippen LogP) is 1.76. The highest BCUT2D eigenvalue weighted by molar-refractivity contribution is 5.79. The van der Waals surface area contributed by atoms with E-state index in [4.69, 9.17) is 0 Å². The molecule has 1 aromatic rings. The summed E-state index contributed by atoms with van der Waals surface area (Å²) in [6, 6.07) is 10.8. The van der Waals surface area contributed by atoms with E-state index in [9.17, 15) is 4.79 Å². The number of hydrogen-bond donors (Lipinski definition) is 2. The molecule has 172 valence electrons. The number of hydrogen-bond acceptors (Lipinski definition) is 4. The van der Waals surface area contributed by atoms with Crippen LogP contribution in [0, 0.1) is 0 Å². The van der Waals surface area contributed by atoms with E-state index in [2.05, 4.69) is 62.7 Å². The van der Waals surface area contributed by atoms with Crippen LogP contribution in [0.5, 0.6) is 0 Å². The zero-order valence-corrected chi connectivity index (χ0v) is 19.2. The minimum Gasteiger partial charge on any atom is -0.357 e. The number of nitrogens with one attached hydrogen (secondary N) is 2. The molecular weight excluding hydrogens is 388 g/mol. The van der Waals surface area contributed by atoms with Crippen LogP contribution in [0.25, 0.3) is 0 Å². The third-order valence-electron chi connectivity index (χ3n) is 6.03. The van der Waals surface area contributed by atoms with Crippen LogP contribution in [0.2, 0.25) is 0 Å². The van der Waals surface area contributed by atoms with Crippen molar-refractivity contribution in [3.8, 4) is 0 Å². The van der Waals surface area contributed by atoms with Crippen LogP contribution in [0.15, 0.2) is 35.3 Å². The average Bonchev–Trinajstić information content (AvgIpc) is 3.20. The molecule has 0 radical (unpaired) electrons. The van der Waals surface area contributed by atoms with Gasteiger partial charge in [-0.05, 0) is 38.3 Å². The molecule has 2 aliphatic heterocycles. The average molecular weight is 429 g/mol. The number of guanidine groups is 1. The molecule has 2 aliphatic rings. The van der Waals surface area contributed by atoms with Crippen molar-refractivity contribution < 1.29 is 4.79 Å². The number of nitrogens with zero attached hydrogens (tertiary/aromatic N) is 4. The summed E-state index contributed by atoms with van der Waals surface area (Å²) in [6.45, 7) is 13.2. The Kier molecular flexibility index (Phi) is 10.1. The number of carbonyl (C=O) groups is 1. The maximum absolute atomic E-state index is 11.7. The van der Waals surface area contributed by atoms with Crippen LogP contribution in [0.1, 0.15) is 38.2 Å². The molecule has 2 saturated heterocycles. The van der Waals surface area contributed by atoms with Crippen molar-refractivity contribution in [1.29, 1.82) is 0 Å². The molecule has 0 unspecified atom stereocenters. The number of aliphatic imine (C=N–C) groups is 1. The van der Waals surface area contributed by atoms with E-state index in [1.165, 1.54) is 5.56 Å². The summed E-state index contributed by atoms with van der Waals surface area (Å²) in [4.78, 5) is 23.4. The third-order valence-corrected chi connectivity index (χ3v) is 6.03. The van der Waals surface area contributed by atoms with Crippen molar-refractivity contribution in [3.05, 3.63) is 35.9 Å². The highest BCUT2D eigenvalue weighted by Crippen LogP contribution is 2.10. The summed E-state index contributed by atoms with van der Waals surface area (Å²) in [6.07, 6.45) is 3.77. The van der Waals surface area contributed by atoms with Crippen LogP contribution >= 0.6 is 0 Å². The molecule has 2 fully saturated rings. The quantitative estimate of drug-likeness (QED) is 0.320. The lowest BCUT2D eigenvalue weighted by Gasteiger charge is -2.34. The van der Waals surface area contributed by atoms with Crippen molar-refractivity contribution in [2.24, 2.45) is 4.99 Å². The van der Waals surface area contributed by atoms with Gasteiger partial charge in [-0.25, -0.2) is 0 Å². The first-order valence-corrected chi connectivity index (χ1v) is 12.0. The highest BCUT2D eigenvalue weighted by atomic mass is 16.2. The Morgan fingerprint density at radius 1 is 0.968 bits per heavy atom. The zero-order chi connectivity index (χ0) is 21.7. The van der Waals surface area contributed by atoms with Gasteiger partial charge in [0.05, 0.1) is 0 Å². The molecule has 7 nitrogen and oxygen atoms in total. The summed E-state index contributed by atoms with van der Waals surface area (Å²) in [5.74, 6) is 1.19. The number of likely N-dealkylation sites (tertiary alicyclic amines) is 1. The minimum absolute atomic E-state index is 0.301. The molecule has 3 rings (SSSR count). The Morgan fingerprint density at radius 2 is 1.74 bits per heavy atom. The van der Waals surface area contributed by atoms with Gasteiger partial charge in [0.2, 0.25) is 5.91 Å². The van der Waals surface area contributed by atoms with Crippen LogP contribution in [-0.2, 0) is 11.3 Å². The van der Waals surface area contributed by atoms with Gasteiger partial charge in [0.15, 0.2) is 5.96 Å². The van der Waals surface area contributed by atoms with Gasteiger partial charge >= 0.3 is 0 Å². The molecule has 0 spiro atoms. The van der Waals surface area contributed by atoms with Gasteiger partial charge in [0.1, 0.15) is 0 Å². The van der Waals surface area contributed by atoms with Crippen LogP contribution < -0.4 is 10.6 Å². The molecule has 7 heteroatoms. The second kappa shape index (κ2) is 13.3. The Bertz CT molecular complexity index is 672. The third kappa shape index (κ3) is 8.50. The lowest BCUT2D eigenvalue weighted by atomic mass is 10.2. The second-order valence-corrected chi connectivity index (χ2v) is 8.48. The van der Waals surface area contributed by atoms with E-state index in [-0.39, 0.29) is 0 Å². The van der Waals surface area contributed by atoms with Crippen molar-refractivity contribution >= 4 is 11.9 Å². The van der Waals surface area contributed by atoms with E-state index < -0.39 is 0 Å². The van der Waals surface area contributed by atoms with Crippen molar-refractivity contribution in [1.82, 2.24) is 25.3 Å². The fourth-order valence-electron chi connectivity index (χ4n) is 4.26. The summed E-state index contributed by atoms with van der Waals surface area (Å²) < 4.78 is 0. The van der Waals surface area contributed by atoms with Gasteiger partial charge in [-0.1, -0.05) is 30.3 Å². The summed E-state index contributed by atoms with van der Waals surface area (Å²) >= 11 is 0. The lowest BCUT2D eigenvalue weighted by Crippen LogP contribution is -2.46. The smallest absolute Gasteiger partial charge is 0.222 e. The van der Waals surface area contributed by atoms with E-state index >= 15 is 0 Å². The molecule has 0 aliphatic carbocycles. The number of benzene rings is 1. The fourth-order valence-corrected chi connectivity index (χ4v) is 4.26. The first-order chi connectivity index (χ1) is 15.2. The molecular formula is C24H40N6O. The molecule has 2 N–H and O–H groups in total. The number of carbonyl (C=O) groups excluding carboxylic acids is 1. The summed E-state index contributed by atoms with van der Waals surface area (Å²) in [5.41, 5.74) is 1.41. The maximum atomic E-state index is 11.7. The fraction of sp³-hybridized carbons (Fsp3) is 0.667. The van der Waals surface area contributed by atoms with E-state index in [0.29, 0.717) is 5.91 Å². The molecule has 2 heterocycles. The van der Waals surface area contributed by atoms with E-state index in [0.717, 1.165) is 104 Å². The van der Waals surface area contributed by atoms with Gasteiger partial charge < -0.3 is 20.4 Å². The number of amides is 1. The summed E-state index contributed by atoms with van der Waals surface area (Å²) in [7, 11) is 0. The number of piperazine rings is 1. The van der Waals surface area contributed by atoms with Gasteiger partial charge in [0.25, 0.3) is 0 Å². The molecule has 0 saturated carbocycles. The zero-order valence-electron chi connectivity index (χ0n) is 19.2. The molecule has 31 heavy (non-hydrogen) atoms. The lowest BCUT2D eigenvalue weighted by molar-refractivity contribution is -0.127. The van der Waals surface area contributed by atoms with E-state index in [1.807, 2.05) is 4.90 Å². The van der Waals surface area contributed by atoms with Crippen LogP contribution in [0.4, 0.5) is 0 Å². The topological polar surface area (TPSA) is 63.2 Å². The first-order valence-electron chi connectivity index (χ1n) is 12.0. The Hall–Kier alpha value is -2.12. The number of rotatable bonds is 11. The predicted molar refractivity (Wildman–Crippen MR) is 127 cm³/mol. The molecule has 1 amide bonds. The van der Waals surface area contributed by atoms with Crippen LogP contribution in [0.3, 0.4) is 0 Å². The van der Waals surface area contributed by atoms with Gasteiger partial charge in [-0.3, -0.25) is 14.7 Å². The van der Waals surface area contributed by atoms with Gasteiger partial charge in [0, 0.05) is 71.9 Å². The Balaban J connectivity index is 1.26. The molecule has 0 atom stereocenters. The molecule has 0 bridgehead atoms. The minimum atomic E-state index is 0.301. The van der Waals surface area contributed by atoms with Crippen molar-refractivity contribution in [3.63, 3.8) is 0 Å². The maximum Gasteiger partial charge on any atom is 0.222 e. The Labute approximate surface area is 187 Å². The van der Waals surface area contributed by atoms with E-state index in [1.54, 1.807) is 0 Å². The first kappa shape index (κ1) is 23.5. The standard InChI is InChI=1S/C24H40N6O/c1-2-25-24(27-13-8-16-30-15-6-11-23(30)31)26-12-7-14-28-17-19-29(20-18-28)21-22-9-4-3-5-10-22/h3-5,9-10H,2,6-8,11-21H2,1H3,(H2,25,26,27). The van der Waals surface area contributed by atoms with Crippen molar-refractivity contribution in [2.75, 3.05) is 65.4 Å². The summed E-state index contributed by atoms with van der Waals surface area (Å²) in [5, 5.41) is 6.79.